The van der Waals surface area contributed by atoms with Crippen molar-refractivity contribution in [3.63, 3.8) is 0 Å². The van der Waals surface area contributed by atoms with Crippen LogP contribution < -0.4 is 80.3 Å². The number of carboxylic acid groups (broad SMARTS) is 12. The number of rotatable bonds is 27. The van der Waals surface area contributed by atoms with Gasteiger partial charge >= 0.3 is 71.6 Å². The normalized spacial score (nSPS) is 12.6. The minimum atomic E-state index is -1.00. The van der Waals surface area contributed by atoms with Gasteiger partial charge in [-0.05, 0) is 81.7 Å². The van der Waals surface area contributed by atoms with Crippen molar-refractivity contribution in [3.05, 3.63) is 0 Å². The van der Waals surface area contributed by atoms with Crippen LogP contribution in [0.5, 0.6) is 0 Å². The van der Waals surface area contributed by atoms with Crippen LogP contribution in [0.2, 0.25) is 0 Å². The minimum Gasteiger partial charge on any atom is -0.480 e. The summed E-state index contributed by atoms with van der Waals surface area (Å²) in [5, 5.41) is 96.5. The van der Waals surface area contributed by atoms with Crippen LogP contribution in [0.4, 0.5) is 0 Å². The largest absolute Gasteiger partial charge is 0.480 e. The van der Waals surface area contributed by atoms with Gasteiger partial charge in [-0.1, -0.05) is 82.1 Å². The average molecular weight is 1330 g/mol. The molecule has 0 rings (SSSR count). The lowest BCUT2D eigenvalue weighted by Crippen LogP contribution is -2.34. The SMILES string of the molecule is CC(C)C[C@H](N)C(=O)O.CC(C)[C@H](N)C(=O)O.CC(C)[C@H](N)C(=O)O.CC(C)[C@H](N)C(=O)O.CC(C)[C@H](N)C(=O)O.C[C@H](N)C(=O)O.NCC(=O)O.NCC(=O)O.NCC(=O)O.NCCCC[C@H](N)C(=O)O.NCCCC[C@H](N)C(=O)O.N[C@@H](CS)C(=O)O. The van der Waals surface area contributed by atoms with E-state index in [-0.39, 0.29) is 49.1 Å². The number of thiol groups is 1. The smallest absolute Gasteiger partial charge is 0.321 e. The van der Waals surface area contributed by atoms with E-state index >= 15 is 0 Å². The van der Waals surface area contributed by atoms with E-state index in [1.54, 1.807) is 55.4 Å². The third kappa shape index (κ3) is 113. The number of carboxylic acids is 12. The number of carbonyl (C=O) groups is 12. The van der Waals surface area contributed by atoms with E-state index in [4.69, 9.17) is 124 Å². The predicted octanol–water partition coefficient (Wildman–Crippen LogP) is -4.45. The van der Waals surface area contributed by atoms with Crippen LogP contribution in [0.3, 0.4) is 0 Å². The van der Waals surface area contributed by atoms with Gasteiger partial charge in [-0.25, -0.2) is 0 Å². The first-order chi connectivity index (χ1) is 40.2. The van der Waals surface area contributed by atoms with E-state index in [0.717, 1.165) is 25.7 Å². The summed E-state index contributed by atoms with van der Waals surface area (Å²) in [6.45, 7) is 19.9. The van der Waals surface area contributed by atoms with Crippen molar-refractivity contribution in [1.82, 2.24) is 0 Å². The molecule has 0 unspecified atom stereocenters. The fourth-order valence-electron chi connectivity index (χ4n) is 3.09. The van der Waals surface area contributed by atoms with Crippen molar-refractivity contribution in [2.24, 2.45) is 110 Å². The first kappa shape index (κ1) is 110. The topological polar surface area (TPSA) is 812 Å². The standard InChI is InChI=1S/2C6H14N2O2.C6H13NO2.4C5H11NO2.C3H7NO2S.C3H7NO2.3C2H5NO2/c2*7-4-2-1-3-5(8)6(9)10;1-4(2)3-5(7)6(8)9;4*1-3(2)4(6)5(7)8;4-2(1-7)3(5)6;1-2(4)3(5)6;3*3-1-2(4)5/h2*5H,1-4,7-8H2,(H,9,10);4-5H,3,7H2,1-2H3,(H,8,9);4*3-4H,6H2,1-2H3,(H,7,8);2,7H,1,4H2,(H,5,6);2H,4H2,1H3,(H,5,6);3*1,3H2,(H,4,5)/t3*5-;4*4-;2*2-;;;/m000000000.../s1. The highest BCUT2D eigenvalue weighted by molar-refractivity contribution is 7.80. The Bertz CT molecular complexity index is 1690. The van der Waals surface area contributed by atoms with E-state index in [9.17, 15) is 57.5 Å². The molecule has 0 fully saturated rings. The summed E-state index contributed by atoms with van der Waals surface area (Å²) in [6.07, 6.45) is 4.88. The van der Waals surface area contributed by atoms with Gasteiger partial charge in [-0.3, -0.25) is 57.5 Å². The van der Waals surface area contributed by atoms with Crippen molar-refractivity contribution in [3.8, 4) is 0 Å². The third-order valence-electron chi connectivity index (χ3n) is 9.06. The molecule has 9 atom stereocenters. The van der Waals surface area contributed by atoms with E-state index in [1.807, 2.05) is 13.8 Å². The van der Waals surface area contributed by atoms with Gasteiger partial charge in [0.1, 0.15) is 54.4 Å². The van der Waals surface area contributed by atoms with Gasteiger partial charge < -0.3 is 142 Å². The monoisotopic (exact) mass is 1330 g/mol. The van der Waals surface area contributed by atoms with Crippen molar-refractivity contribution in [1.29, 1.82) is 0 Å². The summed E-state index contributed by atoms with van der Waals surface area (Å²) in [7, 11) is 0. The third-order valence-corrected chi connectivity index (χ3v) is 9.45. The zero-order valence-corrected chi connectivity index (χ0v) is 54.0. The second-order valence-corrected chi connectivity index (χ2v) is 19.9. The van der Waals surface area contributed by atoms with Crippen molar-refractivity contribution in [2.45, 2.75) is 175 Å². The minimum absolute atomic E-state index is 0.0208. The second-order valence-electron chi connectivity index (χ2n) is 19.5. The molecule has 0 aromatic carbocycles. The van der Waals surface area contributed by atoms with Crippen LogP contribution in [0.15, 0.2) is 0 Å². The van der Waals surface area contributed by atoms with Crippen LogP contribution in [-0.2, 0) is 57.5 Å². The lowest BCUT2D eigenvalue weighted by molar-refractivity contribution is -0.140. The van der Waals surface area contributed by atoms with Gasteiger partial charge in [0, 0.05) is 5.75 Å². The summed E-state index contributed by atoms with van der Waals surface area (Å²) >= 11 is 3.65. The Labute approximate surface area is 525 Å². The van der Waals surface area contributed by atoms with Crippen LogP contribution in [0, 0.1) is 29.6 Å². The van der Waals surface area contributed by atoms with E-state index < -0.39 is 126 Å². The number of hydrogen-bond donors (Lipinski definition) is 27. The molecule has 0 saturated carbocycles. The molecule has 39 heteroatoms. The van der Waals surface area contributed by atoms with Crippen molar-refractivity contribution in [2.75, 3.05) is 38.5 Å². The Morgan fingerprint density at radius 1 is 0.303 bits per heavy atom. The molecular formula is C50H114N14O24S. The van der Waals surface area contributed by atoms with Gasteiger partial charge in [0.15, 0.2) is 0 Å². The fraction of sp³-hybridized carbons (Fsp3) is 0.760. The maximum atomic E-state index is 10.1. The summed E-state index contributed by atoms with van der Waals surface area (Å²) in [4.78, 5) is 118. The zero-order chi connectivity index (χ0) is 74.2. The number of hydrogen-bond acceptors (Lipinski definition) is 27. The molecular weight excluding hydrogens is 1210 g/mol. The molecule has 0 aliphatic rings. The molecule has 0 amide bonds. The molecule has 0 heterocycles. The van der Waals surface area contributed by atoms with E-state index in [1.165, 1.54) is 6.92 Å². The van der Waals surface area contributed by atoms with Gasteiger partial charge in [-0.15, -0.1) is 0 Å². The van der Waals surface area contributed by atoms with Crippen LogP contribution in [0.1, 0.15) is 121 Å². The highest BCUT2D eigenvalue weighted by Gasteiger charge is 2.17. The lowest BCUT2D eigenvalue weighted by Gasteiger charge is -2.07. The molecule has 0 aromatic heterocycles. The maximum absolute atomic E-state index is 10.1. The summed E-state index contributed by atoms with van der Waals surface area (Å²) in [5.74, 6) is -10.7. The van der Waals surface area contributed by atoms with E-state index in [2.05, 4.69) is 29.8 Å². The molecule has 0 spiro atoms. The first-order valence-corrected chi connectivity index (χ1v) is 27.5. The predicted molar refractivity (Wildman–Crippen MR) is 335 cm³/mol. The van der Waals surface area contributed by atoms with Crippen LogP contribution >= 0.6 is 12.6 Å². The van der Waals surface area contributed by atoms with Crippen LogP contribution in [0.25, 0.3) is 0 Å². The lowest BCUT2D eigenvalue weighted by atomic mass is 10.1. The molecule has 38 nitrogen and oxygen atoms in total. The number of aliphatic carboxylic acids is 12. The van der Waals surface area contributed by atoms with Gasteiger partial charge in [0.05, 0.1) is 19.6 Å². The number of unbranched alkanes of at least 4 members (excludes halogenated alkanes) is 2. The molecule has 0 radical (unpaired) electrons. The molecule has 0 aliphatic carbocycles. The highest BCUT2D eigenvalue weighted by atomic mass is 32.1. The zero-order valence-electron chi connectivity index (χ0n) is 53.1. The summed E-state index contributed by atoms with van der Waals surface area (Å²) in [6, 6.07) is -6.52. The van der Waals surface area contributed by atoms with Gasteiger partial charge in [-0.2, -0.15) is 12.6 Å². The average Bonchev–Trinajstić information content (AvgIpc) is 3.42. The summed E-state index contributed by atoms with van der Waals surface area (Å²) < 4.78 is 0. The molecule has 0 bridgehead atoms. The molecule has 534 valence electrons. The molecule has 0 aromatic rings. The van der Waals surface area contributed by atoms with Crippen molar-refractivity contribution < 1.29 is 119 Å². The molecule has 0 aliphatic heterocycles. The Balaban J connectivity index is -0.0000000731. The van der Waals surface area contributed by atoms with Gasteiger partial charge in [0.2, 0.25) is 0 Å². The first-order valence-electron chi connectivity index (χ1n) is 26.9. The Morgan fingerprint density at radius 2 is 0.483 bits per heavy atom. The summed E-state index contributed by atoms with van der Waals surface area (Å²) in [5.41, 5.74) is 70.2. The highest BCUT2D eigenvalue weighted by Crippen LogP contribution is 2.02. The Kier molecular flexibility index (Phi) is 91.5. The van der Waals surface area contributed by atoms with E-state index in [0.29, 0.717) is 38.3 Å². The quantitative estimate of drug-likeness (QED) is 0.0272. The van der Waals surface area contributed by atoms with Crippen LogP contribution in [-0.4, -0.2) is 226 Å². The number of nitrogens with two attached hydrogens (primary N) is 14. The van der Waals surface area contributed by atoms with Gasteiger partial charge in [0.25, 0.3) is 0 Å². The maximum Gasteiger partial charge on any atom is 0.321 e. The Morgan fingerprint density at radius 3 is 0.539 bits per heavy atom. The Hall–Kier alpha value is -6.57. The molecule has 40 N–H and O–H groups in total. The molecule has 89 heavy (non-hydrogen) atoms. The second kappa shape index (κ2) is 73.9. The molecule has 0 saturated heterocycles. The fourth-order valence-corrected chi connectivity index (χ4v) is 3.25. The van der Waals surface area contributed by atoms with Crippen molar-refractivity contribution >= 4 is 84.3 Å².